The first-order valence-corrected chi connectivity index (χ1v) is 7.80. The van der Waals surface area contributed by atoms with Crippen LogP contribution < -0.4 is 5.32 Å². The molecule has 24 heavy (non-hydrogen) atoms. The molecule has 0 spiro atoms. The standard InChI is InChI=1S/C16H22ClFN4O2/c1-16(2,3)24-15(23)22(9-5-7-18)13(14(17)19)11-21-12-6-4-8-20-10-12/h4,6,8,10-11,19,21H,5,7,9H2,1-3H3/b13-11+,19-14?. The van der Waals surface area contributed by atoms with Gasteiger partial charge in [0.25, 0.3) is 0 Å². The third kappa shape index (κ3) is 6.95. The predicted molar refractivity (Wildman–Crippen MR) is 93.1 cm³/mol. The quantitative estimate of drug-likeness (QED) is 0.719. The number of alkyl halides is 1. The van der Waals surface area contributed by atoms with Crippen LogP contribution in [0.15, 0.2) is 36.4 Å². The van der Waals surface area contributed by atoms with E-state index in [9.17, 15) is 9.18 Å². The lowest BCUT2D eigenvalue weighted by molar-refractivity contribution is 0.0320. The third-order valence-electron chi connectivity index (χ3n) is 2.68. The number of carbonyl (C=O) groups is 1. The van der Waals surface area contributed by atoms with E-state index in [1.165, 1.54) is 6.20 Å². The average Bonchev–Trinajstić information content (AvgIpc) is 2.49. The number of amides is 1. The first-order valence-electron chi connectivity index (χ1n) is 7.42. The van der Waals surface area contributed by atoms with Gasteiger partial charge < -0.3 is 10.1 Å². The maximum absolute atomic E-state index is 12.6. The molecular formula is C16H22ClFN4O2. The summed E-state index contributed by atoms with van der Waals surface area (Å²) in [7, 11) is 0. The molecule has 1 amide bonds. The SMILES string of the molecule is CC(C)(C)OC(=O)N(CCCF)/C(=C/Nc1cccnc1)C(=N)Cl. The van der Waals surface area contributed by atoms with E-state index in [1.54, 1.807) is 45.3 Å². The Hall–Kier alpha value is -2.15. The van der Waals surface area contributed by atoms with Crippen LogP contribution in [0.2, 0.25) is 0 Å². The van der Waals surface area contributed by atoms with Gasteiger partial charge in [-0.15, -0.1) is 0 Å². The van der Waals surface area contributed by atoms with Gasteiger partial charge in [-0.1, -0.05) is 11.6 Å². The summed E-state index contributed by atoms with van der Waals surface area (Å²) in [5, 5.41) is 10.2. The highest BCUT2D eigenvalue weighted by atomic mass is 35.5. The zero-order chi connectivity index (χ0) is 18.2. The molecule has 1 rings (SSSR count). The van der Waals surface area contributed by atoms with E-state index in [0.717, 1.165) is 4.90 Å². The van der Waals surface area contributed by atoms with Gasteiger partial charge in [-0.25, -0.2) is 4.79 Å². The molecule has 0 saturated carbocycles. The van der Waals surface area contributed by atoms with Crippen molar-refractivity contribution < 1.29 is 13.9 Å². The third-order valence-corrected chi connectivity index (χ3v) is 2.88. The van der Waals surface area contributed by atoms with Crippen LogP contribution in [0.1, 0.15) is 27.2 Å². The van der Waals surface area contributed by atoms with Crippen molar-refractivity contribution in [2.24, 2.45) is 0 Å². The summed E-state index contributed by atoms with van der Waals surface area (Å²) in [6, 6.07) is 3.49. The monoisotopic (exact) mass is 356 g/mol. The molecule has 0 fully saturated rings. The molecule has 1 heterocycles. The molecule has 8 heteroatoms. The van der Waals surface area contributed by atoms with Gasteiger partial charge in [-0.2, -0.15) is 0 Å². The molecule has 0 radical (unpaired) electrons. The molecule has 0 bridgehead atoms. The van der Waals surface area contributed by atoms with Crippen molar-refractivity contribution in [1.82, 2.24) is 9.88 Å². The van der Waals surface area contributed by atoms with Crippen molar-refractivity contribution in [1.29, 1.82) is 5.41 Å². The van der Waals surface area contributed by atoms with E-state index < -0.39 is 18.4 Å². The molecule has 2 N–H and O–H groups in total. The number of aromatic nitrogens is 1. The van der Waals surface area contributed by atoms with E-state index >= 15 is 0 Å². The molecular weight excluding hydrogens is 335 g/mol. The second-order valence-corrected chi connectivity index (χ2v) is 6.28. The van der Waals surface area contributed by atoms with Crippen LogP contribution in [0, 0.1) is 5.41 Å². The van der Waals surface area contributed by atoms with Crippen LogP contribution in [0.25, 0.3) is 0 Å². The highest BCUT2D eigenvalue weighted by Gasteiger charge is 2.26. The predicted octanol–water partition coefficient (Wildman–Crippen LogP) is 4.15. The topological polar surface area (TPSA) is 78.3 Å². The Balaban J connectivity index is 3.03. The van der Waals surface area contributed by atoms with E-state index in [2.05, 4.69) is 10.3 Å². The van der Waals surface area contributed by atoms with Gasteiger partial charge in [0.2, 0.25) is 0 Å². The van der Waals surface area contributed by atoms with Crippen molar-refractivity contribution in [2.45, 2.75) is 32.8 Å². The first kappa shape index (κ1) is 19.9. The number of pyridine rings is 1. The lowest BCUT2D eigenvalue weighted by atomic mass is 10.2. The lowest BCUT2D eigenvalue weighted by Gasteiger charge is -2.28. The van der Waals surface area contributed by atoms with Crippen LogP contribution in [0.5, 0.6) is 0 Å². The minimum atomic E-state index is -0.721. The van der Waals surface area contributed by atoms with Gasteiger partial charge in [0, 0.05) is 18.9 Å². The van der Waals surface area contributed by atoms with Crippen LogP contribution in [-0.2, 0) is 4.74 Å². The van der Waals surface area contributed by atoms with Gasteiger partial charge >= 0.3 is 6.09 Å². The van der Waals surface area contributed by atoms with E-state index in [-0.39, 0.29) is 23.8 Å². The van der Waals surface area contributed by atoms with Crippen molar-refractivity contribution in [3.05, 3.63) is 36.4 Å². The molecule has 0 aliphatic heterocycles. The summed E-state index contributed by atoms with van der Waals surface area (Å²) in [5.41, 5.74) is 0.0207. The maximum atomic E-state index is 12.6. The van der Waals surface area contributed by atoms with Crippen molar-refractivity contribution in [2.75, 3.05) is 18.5 Å². The molecule has 0 aromatic carbocycles. The molecule has 1 aromatic rings. The van der Waals surface area contributed by atoms with Crippen LogP contribution >= 0.6 is 11.6 Å². The first-order chi connectivity index (χ1) is 11.2. The summed E-state index contributed by atoms with van der Waals surface area (Å²) in [4.78, 5) is 17.5. The van der Waals surface area contributed by atoms with Crippen molar-refractivity contribution >= 4 is 28.6 Å². The second-order valence-electron chi connectivity index (χ2n) is 5.90. The molecule has 0 atom stereocenters. The number of rotatable bonds is 7. The molecule has 132 valence electrons. The molecule has 1 aromatic heterocycles. The zero-order valence-corrected chi connectivity index (χ0v) is 14.7. The smallest absolute Gasteiger partial charge is 0.414 e. The maximum Gasteiger partial charge on any atom is 0.414 e. The van der Waals surface area contributed by atoms with Gasteiger partial charge in [0.05, 0.1) is 24.3 Å². The Morgan fingerprint density at radius 2 is 2.25 bits per heavy atom. The lowest BCUT2D eigenvalue weighted by Crippen LogP contribution is -2.38. The zero-order valence-electron chi connectivity index (χ0n) is 14.0. The summed E-state index contributed by atoms with van der Waals surface area (Å²) >= 11 is 5.82. The van der Waals surface area contributed by atoms with Crippen molar-refractivity contribution in [3.63, 3.8) is 0 Å². The fraction of sp³-hybridized carbons (Fsp3) is 0.438. The minimum Gasteiger partial charge on any atom is -0.443 e. The number of nitrogens with one attached hydrogen (secondary N) is 2. The van der Waals surface area contributed by atoms with Gasteiger partial charge in [0.15, 0.2) is 0 Å². The average molecular weight is 357 g/mol. The second kappa shape index (κ2) is 9.22. The Labute approximate surface area is 146 Å². The Morgan fingerprint density at radius 3 is 2.75 bits per heavy atom. The number of nitrogens with zero attached hydrogens (tertiary/aromatic N) is 2. The van der Waals surface area contributed by atoms with E-state index in [0.29, 0.717) is 5.69 Å². The fourth-order valence-electron chi connectivity index (χ4n) is 1.70. The van der Waals surface area contributed by atoms with Crippen LogP contribution in [0.4, 0.5) is 14.9 Å². The summed E-state index contributed by atoms with van der Waals surface area (Å²) in [6.45, 7) is 4.61. The molecule has 0 unspecified atom stereocenters. The van der Waals surface area contributed by atoms with Gasteiger partial charge in [-0.05, 0) is 39.3 Å². The molecule has 0 saturated heterocycles. The molecule has 0 aliphatic rings. The molecule has 0 aliphatic carbocycles. The van der Waals surface area contributed by atoms with Crippen molar-refractivity contribution in [3.8, 4) is 0 Å². The van der Waals surface area contributed by atoms with Crippen LogP contribution in [-0.4, -0.2) is 40.0 Å². The Morgan fingerprint density at radius 1 is 1.54 bits per heavy atom. The van der Waals surface area contributed by atoms with Crippen LogP contribution in [0.3, 0.4) is 0 Å². The Bertz CT molecular complexity index is 587. The number of carbonyl (C=O) groups excluding carboxylic acids is 1. The number of ether oxygens (including phenoxy) is 1. The number of allylic oxidation sites excluding steroid dienone is 1. The van der Waals surface area contributed by atoms with Gasteiger partial charge in [0.1, 0.15) is 10.8 Å². The molecule has 6 nitrogen and oxygen atoms in total. The summed E-state index contributed by atoms with van der Waals surface area (Å²) < 4.78 is 17.9. The number of anilines is 1. The largest absolute Gasteiger partial charge is 0.443 e. The number of hydrogen-bond acceptors (Lipinski definition) is 5. The Kier molecular flexibility index (Phi) is 7.64. The highest BCUT2D eigenvalue weighted by molar-refractivity contribution is 6.68. The minimum absolute atomic E-state index is 0.0427. The number of halogens is 2. The van der Waals surface area contributed by atoms with E-state index in [4.69, 9.17) is 21.7 Å². The highest BCUT2D eigenvalue weighted by Crippen LogP contribution is 2.17. The number of hydrogen-bond donors (Lipinski definition) is 2. The fourth-order valence-corrected chi connectivity index (χ4v) is 1.86. The van der Waals surface area contributed by atoms with Gasteiger partial charge in [-0.3, -0.25) is 19.7 Å². The summed E-state index contributed by atoms with van der Waals surface area (Å²) in [6.07, 6.45) is 4.00. The summed E-state index contributed by atoms with van der Waals surface area (Å²) in [5.74, 6) is 0. The van der Waals surface area contributed by atoms with E-state index in [1.807, 2.05) is 0 Å². The normalized spacial score (nSPS) is 11.8.